The highest BCUT2D eigenvalue weighted by molar-refractivity contribution is 8.01. The molecule has 1 unspecified atom stereocenters. The minimum Gasteiger partial charge on any atom is -0.480 e. The first-order valence-electron chi connectivity index (χ1n) is 5.19. The fourth-order valence-corrected chi connectivity index (χ4v) is 3.25. The maximum atomic E-state index is 11.1. The van der Waals surface area contributed by atoms with Crippen molar-refractivity contribution in [1.82, 2.24) is 0 Å². The van der Waals surface area contributed by atoms with Crippen molar-refractivity contribution in [1.29, 1.82) is 0 Å². The van der Waals surface area contributed by atoms with Crippen molar-refractivity contribution in [2.24, 2.45) is 0 Å². The molecule has 0 aromatic rings. The first-order valence-corrected chi connectivity index (χ1v) is 6.18. The molecule has 0 spiro atoms. The minimum absolute atomic E-state index is 0.215. The summed E-state index contributed by atoms with van der Waals surface area (Å²) in [6.07, 6.45) is 5.24. The van der Waals surface area contributed by atoms with Crippen molar-refractivity contribution < 1.29 is 15.0 Å². The van der Waals surface area contributed by atoms with Crippen LogP contribution in [0.15, 0.2) is 0 Å². The van der Waals surface area contributed by atoms with Gasteiger partial charge in [0, 0.05) is 6.61 Å². The lowest BCUT2D eigenvalue weighted by Gasteiger charge is -2.22. The molecule has 0 amide bonds. The van der Waals surface area contributed by atoms with Crippen molar-refractivity contribution >= 4 is 17.7 Å². The monoisotopic (exact) mass is 218 g/mol. The summed E-state index contributed by atoms with van der Waals surface area (Å²) in [5.41, 5.74) is 0. The molecule has 1 aliphatic heterocycles. The molecule has 1 heterocycles. The molecule has 0 saturated carbocycles. The molecule has 4 heteroatoms. The zero-order valence-corrected chi connectivity index (χ0v) is 9.18. The second-order valence-corrected chi connectivity index (χ2v) is 5.26. The van der Waals surface area contributed by atoms with E-state index >= 15 is 0 Å². The Morgan fingerprint density at radius 2 is 2.14 bits per heavy atom. The van der Waals surface area contributed by atoms with Crippen LogP contribution in [0.5, 0.6) is 0 Å². The molecule has 0 bridgehead atoms. The van der Waals surface area contributed by atoms with E-state index in [9.17, 15) is 4.79 Å². The lowest BCUT2D eigenvalue weighted by molar-refractivity contribution is -0.140. The summed E-state index contributed by atoms with van der Waals surface area (Å²) < 4.78 is -0.505. The number of carbonyl (C=O) groups is 1. The van der Waals surface area contributed by atoms with Gasteiger partial charge in [-0.3, -0.25) is 4.79 Å². The summed E-state index contributed by atoms with van der Waals surface area (Å²) in [5.74, 6) is 0.329. The molecule has 0 aromatic heterocycles. The Kier molecular flexibility index (Phi) is 4.75. The van der Waals surface area contributed by atoms with Crippen molar-refractivity contribution in [2.75, 3.05) is 12.4 Å². The van der Waals surface area contributed by atoms with Gasteiger partial charge in [-0.2, -0.15) is 0 Å². The Balaban J connectivity index is 2.33. The van der Waals surface area contributed by atoms with Gasteiger partial charge in [-0.05, 0) is 31.4 Å². The van der Waals surface area contributed by atoms with Gasteiger partial charge in [-0.15, -0.1) is 11.8 Å². The van der Waals surface area contributed by atoms with Crippen molar-refractivity contribution in [3.63, 3.8) is 0 Å². The van der Waals surface area contributed by atoms with Gasteiger partial charge in [0.25, 0.3) is 0 Å². The Morgan fingerprint density at radius 1 is 1.36 bits per heavy atom. The van der Waals surface area contributed by atoms with E-state index in [1.807, 2.05) is 0 Å². The number of hydrogen-bond donors (Lipinski definition) is 2. The zero-order valence-electron chi connectivity index (χ0n) is 8.37. The molecule has 3 nitrogen and oxygen atoms in total. The van der Waals surface area contributed by atoms with Crippen LogP contribution in [0, 0.1) is 0 Å². The quantitative estimate of drug-likeness (QED) is 0.668. The molecule has 1 atom stereocenters. The molecule has 0 aromatic carbocycles. The fourth-order valence-electron chi connectivity index (χ4n) is 1.87. The molecular formula is C10H18O3S. The molecule has 1 rings (SSSR count). The fraction of sp³-hybridized carbons (Fsp3) is 0.900. The second-order valence-electron chi connectivity index (χ2n) is 3.79. The van der Waals surface area contributed by atoms with Crippen LogP contribution in [0.3, 0.4) is 0 Å². The second kappa shape index (κ2) is 5.61. The number of unbranched alkanes of at least 4 members (excludes halogenated alkanes) is 2. The Bertz CT molecular complexity index is 188. The number of thioether (sulfide) groups is 1. The highest BCUT2D eigenvalue weighted by atomic mass is 32.2. The summed E-state index contributed by atoms with van der Waals surface area (Å²) >= 11 is 1.59. The van der Waals surface area contributed by atoms with E-state index in [2.05, 4.69) is 0 Å². The lowest BCUT2D eigenvalue weighted by atomic mass is 9.96. The van der Waals surface area contributed by atoms with E-state index in [0.717, 1.165) is 44.3 Å². The highest BCUT2D eigenvalue weighted by Gasteiger charge is 2.41. The first kappa shape index (κ1) is 11.9. The number of carboxylic acids is 1. The Labute approximate surface area is 88.9 Å². The van der Waals surface area contributed by atoms with Gasteiger partial charge < -0.3 is 10.2 Å². The average Bonchev–Trinajstić information content (AvgIpc) is 2.62. The van der Waals surface area contributed by atoms with Crippen LogP contribution in [0.4, 0.5) is 0 Å². The van der Waals surface area contributed by atoms with Crippen LogP contribution in [-0.4, -0.2) is 33.3 Å². The predicted molar refractivity (Wildman–Crippen MR) is 57.6 cm³/mol. The summed E-state index contributed by atoms with van der Waals surface area (Å²) in [6, 6.07) is 0. The number of aliphatic hydroxyl groups excluding tert-OH is 1. The van der Waals surface area contributed by atoms with E-state index in [4.69, 9.17) is 10.2 Å². The van der Waals surface area contributed by atoms with Gasteiger partial charge in [0.15, 0.2) is 0 Å². The van der Waals surface area contributed by atoms with Crippen LogP contribution in [0.1, 0.15) is 38.5 Å². The summed E-state index contributed by atoms with van der Waals surface area (Å²) in [4.78, 5) is 11.1. The standard InChI is InChI=1S/C10H18O3S/c11-7-3-1-2-5-10(9(12)13)6-4-8-14-10/h11H,1-8H2,(H,12,13). The maximum absolute atomic E-state index is 11.1. The van der Waals surface area contributed by atoms with E-state index in [1.165, 1.54) is 0 Å². The number of rotatable bonds is 6. The van der Waals surface area contributed by atoms with Gasteiger partial charge in [0.1, 0.15) is 4.75 Å². The van der Waals surface area contributed by atoms with Crippen molar-refractivity contribution in [3.8, 4) is 0 Å². The van der Waals surface area contributed by atoms with E-state index in [0.29, 0.717) is 0 Å². The number of carboxylic acid groups (broad SMARTS) is 1. The molecule has 0 radical (unpaired) electrons. The SMILES string of the molecule is O=C(O)C1(CCCCCO)CCCS1. The topological polar surface area (TPSA) is 57.5 Å². The predicted octanol–water partition coefficient (Wildman–Crippen LogP) is 1.89. The molecular weight excluding hydrogens is 200 g/mol. The normalized spacial score (nSPS) is 26.6. The van der Waals surface area contributed by atoms with Crippen LogP contribution in [0.2, 0.25) is 0 Å². The Morgan fingerprint density at radius 3 is 2.64 bits per heavy atom. The third kappa shape index (κ3) is 2.89. The number of hydrogen-bond acceptors (Lipinski definition) is 3. The van der Waals surface area contributed by atoms with Gasteiger partial charge >= 0.3 is 5.97 Å². The molecule has 1 saturated heterocycles. The minimum atomic E-state index is -0.649. The largest absolute Gasteiger partial charge is 0.480 e. The van der Waals surface area contributed by atoms with Crippen molar-refractivity contribution in [2.45, 2.75) is 43.3 Å². The van der Waals surface area contributed by atoms with Gasteiger partial charge in [0.2, 0.25) is 0 Å². The molecule has 1 aliphatic rings. The molecule has 82 valence electrons. The smallest absolute Gasteiger partial charge is 0.319 e. The van der Waals surface area contributed by atoms with Crippen LogP contribution >= 0.6 is 11.8 Å². The van der Waals surface area contributed by atoms with Crippen LogP contribution in [0.25, 0.3) is 0 Å². The average molecular weight is 218 g/mol. The third-order valence-corrected chi connectivity index (χ3v) is 4.36. The third-order valence-electron chi connectivity index (χ3n) is 2.73. The molecule has 0 aliphatic carbocycles. The summed E-state index contributed by atoms with van der Waals surface area (Å²) in [6.45, 7) is 0.215. The number of aliphatic carboxylic acids is 1. The maximum Gasteiger partial charge on any atom is 0.319 e. The van der Waals surface area contributed by atoms with Crippen molar-refractivity contribution in [3.05, 3.63) is 0 Å². The van der Waals surface area contributed by atoms with Crippen LogP contribution in [-0.2, 0) is 4.79 Å². The van der Waals surface area contributed by atoms with E-state index < -0.39 is 10.7 Å². The lowest BCUT2D eigenvalue weighted by Crippen LogP contribution is -2.32. The van der Waals surface area contributed by atoms with E-state index in [1.54, 1.807) is 11.8 Å². The van der Waals surface area contributed by atoms with E-state index in [-0.39, 0.29) is 6.61 Å². The Hall–Kier alpha value is -0.220. The highest BCUT2D eigenvalue weighted by Crippen LogP contribution is 2.42. The van der Waals surface area contributed by atoms with Gasteiger partial charge in [-0.1, -0.05) is 12.8 Å². The first-order chi connectivity index (χ1) is 6.71. The van der Waals surface area contributed by atoms with Gasteiger partial charge in [0.05, 0.1) is 0 Å². The zero-order chi connectivity index (χ0) is 10.4. The molecule has 1 fully saturated rings. The van der Waals surface area contributed by atoms with Crippen LogP contribution < -0.4 is 0 Å². The molecule has 2 N–H and O–H groups in total. The van der Waals surface area contributed by atoms with Gasteiger partial charge in [-0.25, -0.2) is 0 Å². The molecule has 14 heavy (non-hydrogen) atoms. The summed E-state index contributed by atoms with van der Waals surface area (Å²) in [7, 11) is 0. The summed E-state index contributed by atoms with van der Waals surface area (Å²) in [5, 5.41) is 17.8. The number of aliphatic hydroxyl groups is 1.